The van der Waals surface area contributed by atoms with Crippen LogP contribution in [0.4, 0.5) is 15.8 Å². The Kier molecular flexibility index (Phi) is 6.23. The monoisotopic (exact) mass is 513 g/mol. The number of nitrogens with zero attached hydrogens (tertiary/aromatic N) is 3. The Labute approximate surface area is 205 Å². The number of halogens is 2. The standard InChI is InChI=1S/C28H21BrFN3O/c29-22-11-14-28(34)21(15-22)18-31-24-6-4-5-20(16-24)26-17-27(19-9-12-23(30)13-10-19)33(32-26)25-7-2-1-3-8-25/h1-16,18,27,34H,17H2. The molecule has 1 N–H and O–H groups in total. The van der Waals surface area contributed by atoms with E-state index in [0.29, 0.717) is 12.0 Å². The molecule has 0 bridgehead atoms. The van der Waals surface area contributed by atoms with Crippen LogP contribution in [0.5, 0.6) is 5.75 Å². The first-order valence-electron chi connectivity index (χ1n) is 10.9. The van der Waals surface area contributed by atoms with Crippen molar-refractivity contribution in [1.82, 2.24) is 0 Å². The van der Waals surface area contributed by atoms with Gasteiger partial charge in [0.05, 0.1) is 23.1 Å². The van der Waals surface area contributed by atoms with Crippen molar-refractivity contribution in [2.45, 2.75) is 12.5 Å². The Morgan fingerprint density at radius 3 is 2.53 bits per heavy atom. The predicted molar refractivity (Wildman–Crippen MR) is 139 cm³/mol. The number of phenolic OH excluding ortho intramolecular Hbond substituents is 1. The number of hydrogen-bond acceptors (Lipinski definition) is 4. The van der Waals surface area contributed by atoms with Crippen LogP contribution in [0, 0.1) is 5.82 Å². The normalized spacial score (nSPS) is 15.6. The molecule has 1 aliphatic heterocycles. The lowest BCUT2D eigenvalue weighted by Gasteiger charge is -2.23. The Morgan fingerprint density at radius 2 is 1.74 bits per heavy atom. The van der Waals surface area contributed by atoms with Crippen LogP contribution in [0.3, 0.4) is 0 Å². The van der Waals surface area contributed by atoms with Gasteiger partial charge in [0, 0.05) is 22.7 Å². The molecular formula is C28H21BrFN3O. The van der Waals surface area contributed by atoms with Crippen molar-refractivity contribution < 1.29 is 9.50 Å². The van der Waals surface area contributed by atoms with E-state index in [2.05, 4.69) is 20.9 Å². The zero-order valence-electron chi connectivity index (χ0n) is 18.1. The molecule has 4 nitrogen and oxygen atoms in total. The highest BCUT2D eigenvalue weighted by molar-refractivity contribution is 9.10. The second kappa shape index (κ2) is 9.61. The second-order valence-corrected chi connectivity index (χ2v) is 8.93. The highest BCUT2D eigenvalue weighted by Gasteiger charge is 2.30. The van der Waals surface area contributed by atoms with Crippen LogP contribution in [0.1, 0.15) is 29.2 Å². The van der Waals surface area contributed by atoms with Crippen LogP contribution >= 0.6 is 15.9 Å². The lowest BCUT2D eigenvalue weighted by Crippen LogP contribution is -2.18. The molecular weight excluding hydrogens is 493 g/mol. The summed E-state index contributed by atoms with van der Waals surface area (Å²) >= 11 is 3.42. The summed E-state index contributed by atoms with van der Waals surface area (Å²) in [6, 6.07) is 29.7. The summed E-state index contributed by atoms with van der Waals surface area (Å²) in [4.78, 5) is 4.56. The van der Waals surface area contributed by atoms with E-state index in [0.717, 1.165) is 32.7 Å². The van der Waals surface area contributed by atoms with Gasteiger partial charge in [-0.25, -0.2) is 4.39 Å². The van der Waals surface area contributed by atoms with Gasteiger partial charge in [0.2, 0.25) is 0 Å². The zero-order chi connectivity index (χ0) is 23.5. The minimum atomic E-state index is -0.254. The molecule has 1 atom stereocenters. The highest BCUT2D eigenvalue weighted by atomic mass is 79.9. The van der Waals surface area contributed by atoms with Gasteiger partial charge in [0.15, 0.2) is 0 Å². The molecule has 1 aliphatic rings. The average molecular weight is 514 g/mol. The van der Waals surface area contributed by atoms with E-state index < -0.39 is 0 Å². The third-order valence-electron chi connectivity index (χ3n) is 5.71. The van der Waals surface area contributed by atoms with E-state index in [1.54, 1.807) is 18.3 Å². The van der Waals surface area contributed by atoms with Crippen molar-refractivity contribution in [1.29, 1.82) is 0 Å². The predicted octanol–water partition coefficient (Wildman–Crippen LogP) is 7.40. The quantitative estimate of drug-likeness (QED) is 0.282. The molecule has 0 spiro atoms. The number of anilines is 1. The van der Waals surface area contributed by atoms with Crippen LogP contribution in [0.15, 0.2) is 112 Å². The Hall–Kier alpha value is -3.77. The molecule has 1 heterocycles. The molecule has 5 rings (SSSR count). The summed E-state index contributed by atoms with van der Waals surface area (Å²) in [5, 5.41) is 17.0. The van der Waals surface area contributed by atoms with Crippen LogP contribution in [0.2, 0.25) is 0 Å². The minimum absolute atomic E-state index is 0.0382. The summed E-state index contributed by atoms with van der Waals surface area (Å²) in [6.45, 7) is 0. The summed E-state index contributed by atoms with van der Waals surface area (Å²) in [5.74, 6) is -0.0832. The zero-order valence-corrected chi connectivity index (χ0v) is 19.7. The number of hydrazone groups is 1. The van der Waals surface area contributed by atoms with E-state index >= 15 is 0 Å². The van der Waals surface area contributed by atoms with Crippen LogP contribution in [-0.2, 0) is 0 Å². The maximum Gasteiger partial charge on any atom is 0.124 e. The Balaban J connectivity index is 1.46. The van der Waals surface area contributed by atoms with Crippen molar-refractivity contribution >= 4 is 39.2 Å². The maximum absolute atomic E-state index is 13.5. The van der Waals surface area contributed by atoms with Gasteiger partial charge >= 0.3 is 0 Å². The van der Waals surface area contributed by atoms with Crippen LogP contribution in [-0.4, -0.2) is 17.0 Å². The van der Waals surface area contributed by atoms with Gasteiger partial charge in [-0.3, -0.25) is 10.0 Å². The molecule has 0 aromatic heterocycles. The summed E-state index contributed by atoms with van der Waals surface area (Å²) in [7, 11) is 0. The van der Waals surface area contributed by atoms with Gasteiger partial charge in [-0.1, -0.05) is 58.4 Å². The molecule has 1 unspecified atom stereocenters. The van der Waals surface area contributed by atoms with E-state index in [-0.39, 0.29) is 17.6 Å². The van der Waals surface area contributed by atoms with Gasteiger partial charge in [-0.05, 0) is 65.7 Å². The number of para-hydroxylation sites is 1. The minimum Gasteiger partial charge on any atom is -0.507 e. The fraction of sp³-hybridized carbons (Fsp3) is 0.0714. The number of aromatic hydroxyl groups is 1. The van der Waals surface area contributed by atoms with Gasteiger partial charge in [-0.15, -0.1) is 0 Å². The Bertz CT molecular complexity index is 1370. The topological polar surface area (TPSA) is 48.2 Å². The summed E-state index contributed by atoms with van der Waals surface area (Å²) in [6.07, 6.45) is 2.33. The molecule has 0 amide bonds. The van der Waals surface area contributed by atoms with E-state index in [1.807, 2.05) is 77.8 Å². The lowest BCUT2D eigenvalue weighted by atomic mass is 9.98. The SMILES string of the molecule is Oc1ccc(Br)cc1C=Nc1cccc(C2=NN(c3ccccc3)C(c3ccc(F)cc3)C2)c1. The average Bonchev–Trinajstić information content (AvgIpc) is 3.31. The van der Waals surface area contributed by atoms with Crippen LogP contribution < -0.4 is 5.01 Å². The number of phenols is 1. The van der Waals surface area contributed by atoms with Gasteiger partial charge in [0.1, 0.15) is 11.6 Å². The fourth-order valence-corrected chi connectivity index (χ4v) is 4.37. The Morgan fingerprint density at radius 1 is 0.941 bits per heavy atom. The van der Waals surface area contributed by atoms with Crippen molar-refractivity contribution in [2.24, 2.45) is 10.1 Å². The third kappa shape index (κ3) is 4.77. The van der Waals surface area contributed by atoms with E-state index in [4.69, 9.17) is 5.10 Å². The molecule has 4 aromatic carbocycles. The van der Waals surface area contributed by atoms with Crippen LogP contribution in [0.25, 0.3) is 0 Å². The number of benzene rings is 4. The van der Waals surface area contributed by atoms with Gasteiger partial charge in [0.25, 0.3) is 0 Å². The molecule has 0 saturated heterocycles. The van der Waals surface area contributed by atoms with E-state index in [9.17, 15) is 9.50 Å². The first kappa shape index (κ1) is 22.0. The summed E-state index contributed by atoms with van der Waals surface area (Å²) < 4.78 is 14.4. The summed E-state index contributed by atoms with van der Waals surface area (Å²) in [5.41, 5.74) is 5.27. The highest BCUT2D eigenvalue weighted by Crippen LogP contribution is 2.37. The first-order chi connectivity index (χ1) is 16.6. The number of hydrogen-bond donors (Lipinski definition) is 1. The number of rotatable bonds is 5. The van der Waals surface area contributed by atoms with Gasteiger partial charge in [-0.2, -0.15) is 5.10 Å². The molecule has 0 fully saturated rings. The van der Waals surface area contributed by atoms with Crippen molar-refractivity contribution in [3.05, 3.63) is 124 Å². The van der Waals surface area contributed by atoms with Crippen molar-refractivity contribution in [3.63, 3.8) is 0 Å². The molecule has 168 valence electrons. The maximum atomic E-state index is 13.5. The molecule has 0 aliphatic carbocycles. The third-order valence-corrected chi connectivity index (χ3v) is 6.20. The smallest absolute Gasteiger partial charge is 0.124 e. The van der Waals surface area contributed by atoms with Gasteiger partial charge < -0.3 is 5.11 Å². The molecule has 0 radical (unpaired) electrons. The lowest BCUT2D eigenvalue weighted by molar-refractivity contribution is 0.474. The van der Waals surface area contributed by atoms with E-state index in [1.165, 1.54) is 12.1 Å². The number of aliphatic imine (C=N–C) groups is 1. The first-order valence-corrected chi connectivity index (χ1v) is 11.7. The van der Waals surface area contributed by atoms with Crippen molar-refractivity contribution in [3.8, 4) is 5.75 Å². The fourth-order valence-electron chi connectivity index (χ4n) is 3.99. The molecule has 34 heavy (non-hydrogen) atoms. The molecule has 6 heteroatoms. The largest absolute Gasteiger partial charge is 0.507 e. The van der Waals surface area contributed by atoms with Crippen molar-refractivity contribution in [2.75, 3.05) is 5.01 Å². The molecule has 4 aromatic rings. The second-order valence-electron chi connectivity index (χ2n) is 8.01. The molecule has 0 saturated carbocycles.